The Hall–Kier alpha value is -2.41. The van der Waals surface area contributed by atoms with Crippen molar-refractivity contribution in [3.63, 3.8) is 0 Å². The van der Waals surface area contributed by atoms with Gasteiger partial charge in [-0.1, -0.05) is 177 Å². The number of rotatable bonds is 32. The number of aliphatic hydroxyl groups excluding tert-OH is 6. The molecule has 1 amide bonds. The van der Waals surface area contributed by atoms with Gasteiger partial charge in [0.05, 0.1) is 25.4 Å². The molecule has 1 aliphatic heterocycles. The first-order valence-corrected chi connectivity index (χ1v) is 22.5. The van der Waals surface area contributed by atoms with Gasteiger partial charge < -0.3 is 45.4 Å². The Kier molecular flexibility index (Phi) is 25.5. The Balaban J connectivity index is 1.33. The Labute approximate surface area is 343 Å². The number of unbranched alkanes of at least 4 members (excludes halogenated alkanes) is 18. The molecule has 7 N–H and O–H groups in total. The SMILES string of the molecule is CCCCCCCCCCCCCC[C@@H](O)[C@@H](O)[C@H](COC1OC(CO)C(O)C(O)C1O)NC(=O)CCCCCCCCCCc1ccc(-c2ccccc2)cc1. The van der Waals surface area contributed by atoms with E-state index in [1.165, 1.54) is 93.7 Å². The lowest BCUT2D eigenvalue weighted by molar-refractivity contribution is -0.303. The lowest BCUT2D eigenvalue weighted by atomic mass is 9.98. The zero-order valence-corrected chi connectivity index (χ0v) is 34.9. The van der Waals surface area contributed by atoms with Crippen LogP contribution < -0.4 is 5.32 Å². The summed E-state index contributed by atoms with van der Waals surface area (Å²) < 4.78 is 11.2. The van der Waals surface area contributed by atoms with Gasteiger partial charge in [-0.3, -0.25) is 4.79 Å². The zero-order valence-electron chi connectivity index (χ0n) is 34.9. The Morgan fingerprint density at radius 2 is 1.19 bits per heavy atom. The summed E-state index contributed by atoms with van der Waals surface area (Å²) in [7, 11) is 0. The summed E-state index contributed by atoms with van der Waals surface area (Å²) in [5, 5.41) is 65.2. The van der Waals surface area contributed by atoms with Crippen LogP contribution in [0.2, 0.25) is 0 Å². The van der Waals surface area contributed by atoms with Crippen LogP contribution in [0.5, 0.6) is 0 Å². The van der Waals surface area contributed by atoms with E-state index in [0.29, 0.717) is 12.8 Å². The van der Waals surface area contributed by atoms with E-state index in [-0.39, 0.29) is 18.9 Å². The maximum Gasteiger partial charge on any atom is 0.220 e. The van der Waals surface area contributed by atoms with Crippen LogP contribution in [0, 0.1) is 0 Å². The summed E-state index contributed by atoms with van der Waals surface area (Å²) >= 11 is 0. The first kappa shape index (κ1) is 49.0. The monoisotopic (exact) mass is 800 g/mol. The number of aliphatic hydroxyl groups is 6. The molecule has 324 valence electrons. The summed E-state index contributed by atoms with van der Waals surface area (Å²) in [5.41, 5.74) is 3.86. The van der Waals surface area contributed by atoms with Crippen molar-refractivity contribution in [3.8, 4) is 11.1 Å². The third-order valence-electron chi connectivity index (χ3n) is 11.5. The van der Waals surface area contributed by atoms with Gasteiger partial charge in [-0.05, 0) is 42.4 Å². The van der Waals surface area contributed by atoms with Crippen LogP contribution >= 0.6 is 0 Å². The molecule has 8 atom stereocenters. The molecule has 10 nitrogen and oxygen atoms in total. The molecule has 0 spiro atoms. The molecule has 0 aromatic heterocycles. The number of aryl methyl sites for hydroxylation is 1. The number of carbonyl (C=O) groups excluding carboxylic acids is 1. The van der Waals surface area contributed by atoms with E-state index in [4.69, 9.17) is 9.47 Å². The van der Waals surface area contributed by atoms with Crippen molar-refractivity contribution in [1.29, 1.82) is 0 Å². The molecule has 3 rings (SSSR count). The lowest BCUT2D eigenvalue weighted by Crippen LogP contribution is -2.60. The highest BCUT2D eigenvalue weighted by molar-refractivity contribution is 5.76. The largest absolute Gasteiger partial charge is 0.394 e. The normalized spacial score (nSPS) is 21.3. The van der Waals surface area contributed by atoms with Crippen LogP contribution in [0.1, 0.15) is 154 Å². The summed E-state index contributed by atoms with van der Waals surface area (Å²) in [5.74, 6) is -0.272. The van der Waals surface area contributed by atoms with Crippen LogP contribution in [0.25, 0.3) is 11.1 Å². The fraction of sp³-hybridized carbons (Fsp3) is 0.723. The highest BCUT2D eigenvalue weighted by Gasteiger charge is 2.44. The minimum absolute atomic E-state index is 0.265. The van der Waals surface area contributed by atoms with Gasteiger partial charge in [-0.2, -0.15) is 0 Å². The van der Waals surface area contributed by atoms with Crippen molar-refractivity contribution in [3.05, 3.63) is 60.2 Å². The standard InChI is InChI=1S/C47H77NO9/c1-2-3-4-5-6-7-8-9-10-14-17-23-28-40(50)43(52)39(35-56-47-46(55)45(54)44(53)41(34-49)57-47)48-42(51)29-24-18-15-12-11-13-16-20-25-36-30-32-38(33-31-36)37-26-21-19-22-27-37/h19,21-22,26-27,30-33,39-41,43-47,49-50,52-55H,2-18,20,23-25,28-29,34-35H2,1H3,(H,48,51)/t39-,40+,41?,43-,44?,45?,46?,47?/m0/s1. The van der Waals surface area contributed by atoms with E-state index in [0.717, 1.165) is 51.4 Å². The van der Waals surface area contributed by atoms with Gasteiger partial charge in [-0.25, -0.2) is 0 Å². The molecule has 1 fully saturated rings. The molecule has 1 saturated heterocycles. The average Bonchev–Trinajstić information content (AvgIpc) is 3.23. The van der Waals surface area contributed by atoms with Crippen molar-refractivity contribution >= 4 is 5.91 Å². The minimum atomic E-state index is -1.61. The number of hydrogen-bond donors (Lipinski definition) is 7. The van der Waals surface area contributed by atoms with Gasteiger partial charge in [0.1, 0.15) is 30.5 Å². The van der Waals surface area contributed by atoms with Crippen molar-refractivity contribution < 1.29 is 44.9 Å². The maximum absolute atomic E-state index is 13.0. The average molecular weight is 800 g/mol. The number of carbonyl (C=O) groups is 1. The Bertz CT molecular complexity index is 1280. The topological polar surface area (TPSA) is 169 Å². The molecular weight excluding hydrogens is 723 g/mol. The second-order valence-corrected chi connectivity index (χ2v) is 16.3. The molecule has 57 heavy (non-hydrogen) atoms. The Morgan fingerprint density at radius 1 is 0.667 bits per heavy atom. The fourth-order valence-corrected chi connectivity index (χ4v) is 7.71. The number of nitrogens with one attached hydrogen (secondary N) is 1. The third-order valence-corrected chi connectivity index (χ3v) is 11.5. The van der Waals surface area contributed by atoms with Crippen LogP contribution in [0.4, 0.5) is 0 Å². The third kappa shape index (κ3) is 19.5. The lowest BCUT2D eigenvalue weighted by Gasteiger charge is -2.40. The van der Waals surface area contributed by atoms with Crippen LogP contribution in [0.15, 0.2) is 54.6 Å². The van der Waals surface area contributed by atoms with Gasteiger partial charge in [0.15, 0.2) is 6.29 Å². The van der Waals surface area contributed by atoms with Gasteiger partial charge in [-0.15, -0.1) is 0 Å². The maximum atomic E-state index is 13.0. The predicted octanol–water partition coefficient (Wildman–Crippen LogP) is 7.52. The van der Waals surface area contributed by atoms with E-state index < -0.39 is 55.6 Å². The summed E-state index contributed by atoms with van der Waals surface area (Å²) in [4.78, 5) is 13.0. The van der Waals surface area contributed by atoms with E-state index in [1.807, 2.05) is 6.07 Å². The van der Waals surface area contributed by atoms with Gasteiger partial charge >= 0.3 is 0 Å². The second kappa shape index (κ2) is 29.7. The molecule has 2 aromatic carbocycles. The van der Waals surface area contributed by atoms with E-state index in [9.17, 15) is 35.4 Å². The second-order valence-electron chi connectivity index (χ2n) is 16.3. The zero-order chi connectivity index (χ0) is 41.1. The van der Waals surface area contributed by atoms with Crippen molar-refractivity contribution in [1.82, 2.24) is 5.32 Å². The molecule has 0 bridgehead atoms. The van der Waals surface area contributed by atoms with Crippen molar-refractivity contribution in [2.75, 3.05) is 13.2 Å². The number of amides is 1. The molecule has 5 unspecified atom stereocenters. The van der Waals surface area contributed by atoms with Gasteiger partial charge in [0.25, 0.3) is 0 Å². The number of benzene rings is 2. The quantitative estimate of drug-likeness (QED) is 0.0370. The molecule has 1 aliphatic rings. The molecular formula is C47H77NO9. The first-order valence-electron chi connectivity index (χ1n) is 22.5. The van der Waals surface area contributed by atoms with Crippen LogP contribution in [0.3, 0.4) is 0 Å². The van der Waals surface area contributed by atoms with Gasteiger partial charge in [0, 0.05) is 6.42 Å². The fourth-order valence-electron chi connectivity index (χ4n) is 7.71. The minimum Gasteiger partial charge on any atom is -0.394 e. The molecule has 0 saturated carbocycles. The van der Waals surface area contributed by atoms with E-state index in [1.54, 1.807) is 0 Å². The molecule has 0 radical (unpaired) electrons. The highest BCUT2D eigenvalue weighted by atomic mass is 16.7. The summed E-state index contributed by atoms with van der Waals surface area (Å²) in [6.07, 6.45) is 14.7. The molecule has 10 heteroatoms. The van der Waals surface area contributed by atoms with Crippen LogP contribution in [-0.2, 0) is 20.7 Å². The predicted molar refractivity (Wildman–Crippen MR) is 226 cm³/mol. The Morgan fingerprint density at radius 3 is 1.77 bits per heavy atom. The van der Waals surface area contributed by atoms with Crippen molar-refractivity contribution in [2.45, 2.75) is 204 Å². The van der Waals surface area contributed by atoms with Crippen molar-refractivity contribution in [2.24, 2.45) is 0 Å². The highest BCUT2D eigenvalue weighted by Crippen LogP contribution is 2.24. The molecule has 0 aliphatic carbocycles. The van der Waals surface area contributed by atoms with E-state index >= 15 is 0 Å². The first-order chi connectivity index (χ1) is 27.7. The number of hydrogen-bond acceptors (Lipinski definition) is 9. The van der Waals surface area contributed by atoms with Gasteiger partial charge in [0.2, 0.25) is 5.91 Å². The number of ether oxygens (including phenoxy) is 2. The van der Waals surface area contributed by atoms with Crippen LogP contribution in [-0.4, -0.2) is 98.7 Å². The molecule has 2 aromatic rings. The molecule has 1 heterocycles. The summed E-state index contributed by atoms with van der Waals surface area (Å²) in [6.45, 7) is 1.32. The van der Waals surface area contributed by atoms with E-state index in [2.05, 4.69) is 60.8 Å². The summed E-state index contributed by atoms with van der Waals surface area (Å²) in [6, 6.07) is 18.3. The smallest absolute Gasteiger partial charge is 0.220 e.